The van der Waals surface area contributed by atoms with Crippen molar-refractivity contribution < 1.29 is 0 Å². The molecule has 1 nitrogen and oxygen atoms in total. The van der Waals surface area contributed by atoms with Crippen LogP contribution in [0.2, 0.25) is 0 Å². The summed E-state index contributed by atoms with van der Waals surface area (Å²) in [6.07, 6.45) is 1.03. The lowest BCUT2D eigenvalue weighted by Gasteiger charge is -2.19. The van der Waals surface area contributed by atoms with Crippen LogP contribution in [-0.2, 0) is 6.42 Å². The lowest BCUT2D eigenvalue weighted by atomic mass is 9.94. The lowest BCUT2D eigenvalue weighted by Crippen LogP contribution is -2.19. The normalized spacial score (nSPS) is 12.4. The van der Waals surface area contributed by atoms with E-state index in [1.54, 1.807) is 0 Å². The molecule has 0 bridgehead atoms. The molecule has 0 aliphatic carbocycles. The fraction of sp³-hybridized carbons (Fsp3) is 0.368. The van der Waals surface area contributed by atoms with Gasteiger partial charge in [0.1, 0.15) is 0 Å². The Morgan fingerprint density at radius 1 is 0.850 bits per heavy atom. The summed E-state index contributed by atoms with van der Waals surface area (Å²) < 4.78 is 0. The van der Waals surface area contributed by atoms with E-state index in [9.17, 15) is 0 Å². The van der Waals surface area contributed by atoms with Gasteiger partial charge in [0.25, 0.3) is 0 Å². The van der Waals surface area contributed by atoms with Crippen LogP contribution in [0.3, 0.4) is 0 Å². The van der Waals surface area contributed by atoms with Gasteiger partial charge in [-0.15, -0.1) is 0 Å². The molecule has 2 rings (SSSR count). The zero-order valence-electron chi connectivity index (χ0n) is 13.2. The van der Waals surface area contributed by atoms with E-state index in [4.69, 9.17) is 0 Å². The molecule has 0 amide bonds. The second-order valence-electron chi connectivity index (χ2n) is 5.89. The van der Waals surface area contributed by atoms with E-state index in [0.717, 1.165) is 6.42 Å². The molecule has 0 spiro atoms. The topological polar surface area (TPSA) is 12.0 Å². The Hall–Kier alpha value is -1.60. The highest BCUT2D eigenvalue weighted by Gasteiger charge is 2.11. The molecule has 1 unspecified atom stereocenters. The predicted octanol–water partition coefficient (Wildman–Crippen LogP) is 4.42. The van der Waals surface area contributed by atoms with E-state index in [2.05, 4.69) is 69.4 Å². The van der Waals surface area contributed by atoms with Crippen molar-refractivity contribution in [3.8, 4) is 0 Å². The SMILES string of the molecule is CNC(Cc1ccc(C)c(C)c1)c1cc(C)cc(C)c1. The van der Waals surface area contributed by atoms with Crippen LogP contribution < -0.4 is 5.32 Å². The van der Waals surface area contributed by atoms with E-state index in [1.807, 2.05) is 7.05 Å². The molecule has 1 heteroatoms. The molecule has 106 valence electrons. The maximum atomic E-state index is 3.46. The molecule has 0 aromatic heterocycles. The van der Waals surface area contributed by atoms with Gasteiger partial charge in [-0.1, -0.05) is 47.5 Å². The van der Waals surface area contributed by atoms with Gasteiger partial charge in [-0.25, -0.2) is 0 Å². The van der Waals surface area contributed by atoms with E-state index in [1.165, 1.54) is 33.4 Å². The molecule has 1 atom stereocenters. The average Bonchev–Trinajstić information content (AvgIpc) is 2.38. The number of nitrogens with one attached hydrogen (secondary N) is 1. The van der Waals surface area contributed by atoms with Gasteiger partial charge in [0.15, 0.2) is 0 Å². The van der Waals surface area contributed by atoms with E-state index in [-0.39, 0.29) is 0 Å². The van der Waals surface area contributed by atoms with Crippen molar-refractivity contribution in [2.24, 2.45) is 0 Å². The summed E-state index contributed by atoms with van der Waals surface area (Å²) in [7, 11) is 2.05. The van der Waals surface area contributed by atoms with Crippen molar-refractivity contribution in [3.63, 3.8) is 0 Å². The smallest absolute Gasteiger partial charge is 0.0358 e. The number of likely N-dealkylation sites (N-methyl/N-ethyl adjacent to an activating group) is 1. The van der Waals surface area contributed by atoms with Gasteiger partial charge in [0.05, 0.1) is 0 Å². The zero-order chi connectivity index (χ0) is 14.7. The van der Waals surface area contributed by atoms with E-state index >= 15 is 0 Å². The van der Waals surface area contributed by atoms with Crippen molar-refractivity contribution in [1.29, 1.82) is 0 Å². The van der Waals surface area contributed by atoms with Crippen LogP contribution in [0, 0.1) is 27.7 Å². The summed E-state index contributed by atoms with van der Waals surface area (Å²) in [6, 6.07) is 13.9. The fourth-order valence-electron chi connectivity index (χ4n) is 2.76. The monoisotopic (exact) mass is 267 g/mol. The Bertz CT molecular complexity index is 578. The minimum atomic E-state index is 0.371. The number of aryl methyl sites for hydroxylation is 4. The molecule has 0 saturated heterocycles. The van der Waals surface area contributed by atoms with Crippen LogP contribution in [0.1, 0.15) is 39.4 Å². The van der Waals surface area contributed by atoms with Crippen molar-refractivity contribution in [2.75, 3.05) is 7.05 Å². The molecular weight excluding hydrogens is 242 g/mol. The average molecular weight is 267 g/mol. The van der Waals surface area contributed by atoms with Crippen LogP contribution in [0.15, 0.2) is 36.4 Å². The molecule has 2 aromatic rings. The standard InChI is InChI=1S/C19H25N/c1-13-8-14(2)10-18(9-13)19(20-5)12-17-7-6-15(3)16(4)11-17/h6-11,19-20H,12H2,1-5H3. The first kappa shape index (κ1) is 14.8. The number of benzene rings is 2. The Labute approximate surface area is 123 Å². The third kappa shape index (κ3) is 3.49. The van der Waals surface area contributed by atoms with E-state index < -0.39 is 0 Å². The number of rotatable bonds is 4. The third-order valence-electron chi connectivity index (χ3n) is 4.01. The van der Waals surface area contributed by atoms with Gasteiger partial charge in [0.2, 0.25) is 0 Å². The first-order valence-electron chi connectivity index (χ1n) is 7.31. The fourth-order valence-corrected chi connectivity index (χ4v) is 2.76. The second kappa shape index (κ2) is 6.23. The molecule has 0 radical (unpaired) electrons. The van der Waals surface area contributed by atoms with Crippen LogP contribution in [0.4, 0.5) is 0 Å². The van der Waals surface area contributed by atoms with Gasteiger partial charge >= 0.3 is 0 Å². The summed E-state index contributed by atoms with van der Waals surface area (Å²) in [4.78, 5) is 0. The van der Waals surface area contributed by atoms with Crippen molar-refractivity contribution in [2.45, 2.75) is 40.2 Å². The Morgan fingerprint density at radius 3 is 2.05 bits per heavy atom. The Morgan fingerprint density at radius 2 is 1.50 bits per heavy atom. The summed E-state index contributed by atoms with van der Waals surface area (Å²) in [5.41, 5.74) is 8.18. The molecule has 0 aliphatic rings. The van der Waals surface area contributed by atoms with Gasteiger partial charge in [-0.2, -0.15) is 0 Å². The quantitative estimate of drug-likeness (QED) is 0.864. The summed E-state index contributed by atoms with van der Waals surface area (Å²) >= 11 is 0. The Balaban J connectivity index is 2.26. The van der Waals surface area contributed by atoms with Crippen LogP contribution in [0.5, 0.6) is 0 Å². The molecule has 2 aromatic carbocycles. The maximum absolute atomic E-state index is 3.46. The lowest BCUT2D eigenvalue weighted by molar-refractivity contribution is 0.591. The van der Waals surface area contributed by atoms with Crippen LogP contribution in [-0.4, -0.2) is 7.05 Å². The molecule has 1 N–H and O–H groups in total. The highest BCUT2D eigenvalue weighted by molar-refractivity contribution is 5.34. The molecule has 0 fully saturated rings. The molecular formula is C19H25N. The highest BCUT2D eigenvalue weighted by atomic mass is 14.9. The third-order valence-corrected chi connectivity index (χ3v) is 4.01. The second-order valence-corrected chi connectivity index (χ2v) is 5.89. The maximum Gasteiger partial charge on any atom is 0.0358 e. The van der Waals surface area contributed by atoms with Gasteiger partial charge in [-0.05, 0) is 63.4 Å². The van der Waals surface area contributed by atoms with Crippen molar-refractivity contribution in [3.05, 3.63) is 69.8 Å². The molecule has 0 aliphatic heterocycles. The van der Waals surface area contributed by atoms with Crippen molar-refractivity contribution >= 4 is 0 Å². The summed E-state index contributed by atoms with van der Waals surface area (Å²) in [5, 5.41) is 3.46. The van der Waals surface area contributed by atoms with Gasteiger partial charge in [0, 0.05) is 6.04 Å². The Kier molecular flexibility index (Phi) is 4.61. The predicted molar refractivity (Wildman–Crippen MR) is 87.3 cm³/mol. The van der Waals surface area contributed by atoms with E-state index in [0.29, 0.717) is 6.04 Å². The molecule has 20 heavy (non-hydrogen) atoms. The highest BCUT2D eigenvalue weighted by Crippen LogP contribution is 2.22. The summed E-state index contributed by atoms with van der Waals surface area (Å²) in [5.74, 6) is 0. The molecule has 0 heterocycles. The molecule has 0 saturated carbocycles. The number of hydrogen-bond donors (Lipinski definition) is 1. The minimum Gasteiger partial charge on any atom is -0.313 e. The van der Waals surface area contributed by atoms with Gasteiger partial charge in [-0.3, -0.25) is 0 Å². The largest absolute Gasteiger partial charge is 0.313 e. The first-order valence-corrected chi connectivity index (χ1v) is 7.31. The zero-order valence-corrected chi connectivity index (χ0v) is 13.2. The van der Waals surface area contributed by atoms with Crippen LogP contribution >= 0.6 is 0 Å². The van der Waals surface area contributed by atoms with Crippen molar-refractivity contribution in [1.82, 2.24) is 5.32 Å². The number of hydrogen-bond acceptors (Lipinski definition) is 1. The van der Waals surface area contributed by atoms with Crippen LogP contribution in [0.25, 0.3) is 0 Å². The van der Waals surface area contributed by atoms with Gasteiger partial charge < -0.3 is 5.32 Å². The summed E-state index contributed by atoms with van der Waals surface area (Å²) in [6.45, 7) is 8.68. The first-order chi connectivity index (χ1) is 9.49. The minimum absolute atomic E-state index is 0.371.